The SMILES string of the molecule is CCOc1ccccc1OCCNCCOc1ccccc1OCC. The van der Waals surface area contributed by atoms with E-state index in [-0.39, 0.29) is 0 Å². The Bertz CT molecular complexity index is 565. The Labute approximate surface area is 149 Å². The fourth-order valence-electron chi connectivity index (χ4n) is 2.28. The first-order chi connectivity index (χ1) is 12.3. The molecule has 0 atom stereocenters. The summed E-state index contributed by atoms with van der Waals surface area (Å²) in [6.07, 6.45) is 0. The third-order valence-electron chi connectivity index (χ3n) is 3.37. The monoisotopic (exact) mass is 345 g/mol. The highest BCUT2D eigenvalue weighted by Crippen LogP contribution is 2.26. The van der Waals surface area contributed by atoms with Crippen molar-refractivity contribution in [1.29, 1.82) is 0 Å². The third-order valence-corrected chi connectivity index (χ3v) is 3.37. The molecule has 5 nitrogen and oxygen atoms in total. The maximum absolute atomic E-state index is 5.76. The van der Waals surface area contributed by atoms with Crippen LogP contribution in [0.5, 0.6) is 23.0 Å². The van der Waals surface area contributed by atoms with E-state index in [4.69, 9.17) is 18.9 Å². The summed E-state index contributed by atoms with van der Waals surface area (Å²) in [5.41, 5.74) is 0. The average Bonchev–Trinajstić information content (AvgIpc) is 2.64. The van der Waals surface area contributed by atoms with Gasteiger partial charge in [-0.15, -0.1) is 0 Å². The van der Waals surface area contributed by atoms with Crippen LogP contribution in [0, 0.1) is 0 Å². The van der Waals surface area contributed by atoms with Crippen molar-refractivity contribution < 1.29 is 18.9 Å². The summed E-state index contributed by atoms with van der Waals surface area (Å²) in [6.45, 7) is 7.77. The Balaban J connectivity index is 1.63. The predicted molar refractivity (Wildman–Crippen MR) is 99.1 cm³/mol. The van der Waals surface area contributed by atoms with Crippen molar-refractivity contribution in [2.75, 3.05) is 39.5 Å². The molecule has 0 aliphatic rings. The quantitative estimate of drug-likeness (QED) is 0.596. The first-order valence-corrected chi connectivity index (χ1v) is 8.75. The molecule has 1 N–H and O–H groups in total. The highest BCUT2D eigenvalue weighted by atomic mass is 16.5. The van der Waals surface area contributed by atoms with Crippen LogP contribution in [0.1, 0.15) is 13.8 Å². The Kier molecular flexibility index (Phi) is 8.49. The Hall–Kier alpha value is -2.40. The first-order valence-electron chi connectivity index (χ1n) is 8.75. The van der Waals surface area contributed by atoms with Crippen LogP contribution < -0.4 is 24.3 Å². The van der Waals surface area contributed by atoms with Gasteiger partial charge in [-0.3, -0.25) is 0 Å². The summed E-state index contributed by atoms with van der Waals surface area (Å²) in [5.74, 6) is 3.10. The molecule has 0 saturated heterocycles. The molecule has 0 spiro atoms. The standard InChI is InChI=1S/C20H27NO4/c1-3-22-17-9-5-7-11-19(17)24-15-13-21-14-16-25-20-12-8-6-10-18(20)23-4-2/h5-12,21H,3-4,13-16H2,1-2H3. The number of benzene rings is 2. The van der Waals surface area contributed by atoms with Crippen LogP contribution in [-0.4, -0.2) is 39.5 Å². The lowest BCUT2D eigenvalue weighted by Crippen LogP contribution is -2.26. The van der Waals surface area contributed by atoms with E-state index in [1.54, 1.807) is 0 Å². The van der Waals surface area contributed by atoms with Gasteiger partial charge >= 0.3 is 0 Å². The second-order valence-electron chi connectivity index (χ2n) is 5.21. The Morgan fingerprint density at radius 1 is 0.600 bits per heavy atom. The average molecular weight is 345 g/mol. The van der Waals surface area contributed by atoms with Gasteiger partial charge in [-0.2, -0.15) is 0 Å². The van der Waals surface area contributed by atoms with Crippen LogP contribution in [0.15, 0.2) is 48.5 Å². The molecule has 136 valence electrons. The molecule has 0 saturated carbocycles. The van der Waals surface area contributed by atoms with E-state index < -0.39 is 0 Å². The van der Waals surface area contributed by atoms with Crippen LogP contribution in [0.4, 0.5) is 0 Å². The number of hydrogen-bond donors (Lipinski definition) is 1. The van der Waals surface area contributed by atoms with Crippen LogP contribution >= 0.6 is 0 Å². The molecule has 25 heavy (non-hydrogen) atoms. The van der Waals surface area contributed by atoms with Crippen LogP contribution in [0.3, 0.4) is 0 Å². The van der Waals surface area contributed by atoms with Crippen molar-refractivity contribution in [1.82, 2.24) is 5.32 Å². The number of nitrogens with one attached hydrogen (secondary N) is 1. The maximum Gasteiger partial charge on any atom is 0.161 e. The first kappa shape index (κ1) is 18.9. The van der Waals surface area contributed by atoms with Gasteiger partial charge in [0.1, 0.15) is 13.2 Å². The van der Waals surface area contributed by atoms with Crippen LogP contribution in [-0.2, 0) is 0 Å². The van der Waals surface area contributed by atoms with Gasteiger partial charge in [0, 0.05) is 13.1 Å². The minimum absolute atomic E-state index is 0.569. The normalized spacial score (nSPS) is 10.3. The van der Waals surface area contributed by atoms with Gasteiger partial charge in [0.05, 0.1) is 13.2 Å². The molecule has 0 heterocycles. The smallest absolute Gasteiger partial charge is 0.161 e. The zero-order valence-electron chi connectivity index (χ0n) is 15.0. The van der Waals surface area contributed by atoms with Crippen molar-refractivity contribution in [3.05, 3.63) is 48.5 Å². The highest BCUT2D eigenvalue weighted by Gasteiger charge is 2.04. The molecule has 0 radical (unpaired) electrons. The molecule has 0 amide bonds. The number of para-hydroxylation sites is 4. The van der Waals surface area contributed by atoms with E-state index in [0.29, 0.717) is 26.4 Å². The minimum Gasteiger partial charge on any atom is -0.490 e. The minimum atomic E-state index is 0.569. The topological polar surface area (TPSA) is 49.0 Å². The maximum atomic E-state index is 5.76. The van der Waals surface area contributed by atoms with Crippen LogP contribution in [0.2, 0.25) is 0 Å². The number of hydrogen-bond acceptors (Lipinski definition) is 5. The summed E-state index contributed by atoms with van der Waals surface area (Å²) in [4.78, 5) is 0. The van der Waals surface area contributed by atoms with Crippen molar-refractivity contribution in [3.63, 3.8) is 0 Å². The molecular weight excluding hydrogens is 318 g/mol. The molecule has 2 aromatic carbocycles. The molecule has 0 aliphatic carbocycles. The van der Waals surface area contributed by atoms with E-state index >= 15 is 0 Å². The lowest BCUT2D eigenvalue weighted by Gasteiger charge is -2.13. The summed E-state index contributed by atoms with van der Waals surface area (Å²) < 4.78 is 22.6. The molecule has 0 bridgehead atoms. The lowest BCUT2D eigenvalue weighted by atomic mass is 10.3. The fraction of sp³-hybridized carbons (Fsp3) is 0.400. The van der Waals surface area contributed by atoms with E-state index in [1.807, 2.05) is 62.4 Å². The zero-order valence-corrected chi connectivity index (χ0v) is 15.0. The van der Waals surface area contributed by atoms with Gasteiger partial charge in [0.15, 0.2) is 23.0 Å². The summed E-state index contributed by atoms with van der Waals surface area (Å²) in [5, 5.41) is 3.30. The summed E-state index contributed by atoms with van der Waals surface area (Å²) >= 11 is 0. The molecule has 0 aromatic heterocycles. The van der Waals surface area contributed by atoms with Crippen molar-refractivity contribution in [3.8, 4) is 23.0 Å². The van der Waals surface area contributed by atoms with Crippen molar-refractivity contribution in [2.45, 2.75) is 13.8 Å². The molecule has 5 heteroatoms. The molecule has 0 unspecified atom stereocenters. The summed E-state index contributed by atoms with van der Waals surface area (Å²) in [6, 6.07) is 15.4. The number of rotatable bonds is 12. The van der Waals surface area contributed by atoms with Gasteiger partial charge < -0.3 is 24.3 Å². The fourth-order valence-corrected chi connectivity index (χ4v) is 2.28. The van der Waals surface area contributed by atoms with Gasteiger partial charge in [-0.25, -0.2) is 0 Å². The lowest BCUT2D eigenvalue weighted by molar-refractivity contribution is 0.260. The Morgan fingerprint density at radius 3 is 1.32 bits per heavy atom. The second-order valence-corrected chi connectivity index (χ2v) is 5.21. The van der Waals surface area contributed by atoms with E-state index in [2.05, 4.69) is 5.32 Å². The predicted octanol–water partition coefficient (Wildman–Crippen LogP) is 3.53. The molecule has 0 fully saturated rings. The van der Waals surface area contributed by atoms with Gasteiger partial charge in [-0.05, 0) is 38.1 Å². The number of ether oxygens (including phenoxy) is 4. The molecule has 2 aromatic rings. The van der Waals surface area contributed by atoms with E-state index in [1.165, 1.54) is 0 Å². The van der Waals surface area contributed by atoms with E-state index in [9.17, 15) is 0 Å². The van der Waals surface area contributed by atoms with Crippen molar-refractivity contribution in [2.24, 2.45) is 0 Å². The van der Waals surface area contributed by atoms with Gasteiger partial charge in [0.2, 0.25) is 0 Å². The molecule has 0 aliphatic heterocycles. The van der Waals surface area contributed by atoms with E-state index in [0.717, 1.165) is 36.1 Å². The van der Waals surface area contributed by atoms with Gasteiger partial charge in [0.25, 0.3) is 0 Å². The Morgan fingerprint density at radius 2 is 0.960 bits per heavy atom. The highest BCUT2D eigenvalue weighted by molar-refractivity contribution is 5.40. The molecular formula is C20H27NO4. The van der Waals surface area contributed by atoms with Crippen molar-refractivity contribution >= 4 is 0 Å². The van der Waals surface area contributed by atoms with Gasteiger partial charge in [-0.1, -0.05) is 24.3 Å². The summed E-state index contributed by atoms with van der Waals surface area (Å²) in [7, 11) is 0. The molecule has 2 rings (SSSR count). The zero-order chi connectivity index (χ0) is 17.7. The van der Waals surface area contributed by atoms with Crippen LogP contribution in [0.25, 0.3) is 0 Å². The second kappa shape index (κ2) is 11.2. The third kappa shape index (κ3) is 6.55. The largest absolute Gasteiger partial charge is 0.490 e.